The highest BCUT2D eigenvalue weighted by Gasteiger charge is 2.29. The predicted molar refractivity (Wildman–Crippen MR) is 113 cm³/mol. The molecule has 1 atom stereocenters. The second-order valence-electron chi connectivity index (χ2n) is 7.32. The fraction of sp³-hybridized carbons (Fsp3) is 0.273. The Morgan fingerprint density at radius 2 is 1.71 bits per heavy atom. The van der Waals surface area contributed by atoms with E-state index in [0.29, 0.717) is 24.9 Å². The molecule has 164 valence electrons. The number of furan rings is 1. The highest BCUT2D eigenvalue weighted by Crippen LogP contribution is 2.25. The molecular weight excluding hydrogens is 424 g/mol. The second-order valence-corrected chi connectivity index (χ2v) is 9.05. The molecule has 6 nitrogen and oxygen atoms in total. The molecule has 3 aromatic rings. The summed E-state index contributed by atoms with van der Waals surface area (Å²) in [6, 6.07) is 15.6. The van der Waals surface area contributed by atoms with Gasteiger partial charge in [-0.3, -0.25) is 4.90 Å². The van der Waals surface area contributed by atoms with Gasteiger partial charge in [0.25, 0.3) is 0 Å². The third kappa shape index (κ3) is 4.95. The lowest BCUT2D eigenvalue weighted by atomic mass is 10.1. The molecule has 2 heterocycles. The molecule has 0 amide bonds. The van der Waals surface area contributed by atoms with Crippen molar-refractivity contribution in [2.45, 2.75) is 10.9 Å². The largest absolute Gasteiger partial charge is 0.468 e. The number of piperazine rings is 1. The second kappa shape index (κ2) is 9.17. The van der Waals surface area contributed by atoms with Crippen molar-refractivity contribution in [2.75, 3.05) is 37.6 Å². The van der Waals surface area contributed by atoms with Crippen LogP contribution in [0, 0.1) is 11.6 Å². The zero-order chi connectivity index (χ0) is 21.8. The number of hydrogen-bond donors (Lipinski definition) is 1. The van der Waals surface area contributed by atoms with Crippen molar-refractivity contribution in [3.05, 3.63) is 84.3 Å². The molecule has 1 N–H and O–H groups in total. The average molecular weight is 448 g/mol. The summed E-state index contributed by atoms with van der Waals surface area (Å²) < 4.78 is 60.7. The Kier molecular flexibility index (Phi) is 6.35. The van der Waals surface area contributed by atoms with Crippen LogP contribution in [0.3, 0.4) is 0 Å². The lowest BCUT2D eigenvalue weighted by molar-refractivity contribution is 0.166. The Labute approximate surface area is 180 Å². The van der Waals surface area contributed by atoms with Crippen molar-refractivity contribution < 1.29 is 21.6 Å². The van der Waals surface area contributed by atoms with Crippen LogP contribution < -0.4 is 9.62 Å². The monoisotopic (exact) mass is 447 g/mol. The van der Waals surface area contributed by atoms with Gasteiger partial charge >= 0.3 is 0 Å². The number of sulfonamides is 1. The molecule has 0 aliphatic carbocycles. The first-order valence-electron chi connectivity index (χ1n) is 9.96. The van der Waals surface area contributed by atoms with Gasteiger partial charge in [-0.05, 0) is 42.5 Å². The Balaban J connectivity index is 1.48. The first-order valence-corrected chi connectivity index (χ1v) is 11.4. The zero-order valence-electron chi connectivity index (χ0n) is 16.7. The normalized spacial score (nSPS) is 16.4. The molecule has 9 heteroatoms. The first kappa shape index (κ1) is 21.5. The van der Waals surface area contributed by atoms with E-state index in [9.17, 15) is 17.2 Å². The molecule has 1 aliphatic heterocycles. The van der Waals surface area contributed by atoms with Gasteiger partial charge in [0.1, 0.15) is 22.3 Å². The van der Waals surface area contributed by atoms with E-state index in [-0.39, 0.29) is 12.6 Å². The summed E-state index contributed by atoms with van der Waals surface area (Å²) in [7, 11) is -4.24. The van der Waals surface area contributed by atoms with Crippen molar-refractivity contribution in [1.29, 1.82) is 0 Å². The van der Waals surface area contributed by atoms with Crippen LogP contribution in [-0.4, -0.2) is 46.0 Å². The van der Waals surface area contributed by atoms with Crippen LogP contribution >= 0.6 is 0 Å². The molecule has 31 heavy (non-hydrogen) atoms. The Morgan fingerprint density at radius 3 is 2.39 bits per heavy atom. The molecule has 0 radical (unpaired) electrons. The number of halogens is 2. The van der Waals surface area contributed by atoms with Crippen molar-refractivity contribution >= 4 is 15.7 Å². The number of nitrogens with zero attached hydrogens (tertiary/aromatic N) is 2. The molecule has 1 unspecified atom stereocenters. The summed E-state index contributed by atoms with van der Waals surface area (Å²) in [6.07, 6.45) is 1.53. The molecule has 1 aromatic heterocycles. The molecule has 0 bridgehead atoms. The van der Waals surface area contributed by atoms with E-state index in [1.807, 2.05) is 18.2 Å². The summed E-state index contributed by atoms with van der Waals surface area (Å²) in [4.78, 5) is 3.68. The lowest BCUT2D eigenvalue weighted by Gasteiger charge is -2.39. The molecule has 2 aromatic carbocycles. The van der Waals surface area contributed by atoms with Gasteiger partial charge in [-0.2, -0.15) is 0 Å². The van der Waals surface area contributed by atoms with Crippen molar-refractivity contribution in [2.24, 2.45) is 0 Å². The van der Waals surface area contributed by atoms with Crippen LogP contribution in [0.1, 0.15) is 11.8 Å². The van der Waals surface area contributed by atoms with Crippen molar-refractivity contribution in [1.82, 2.24) is 9.62 Å². The Morgan fingerprint density at radius 1 is 0.968 bits per heavy atom. The van der Waals surface area contributed by atoms with Gasteiger partial charge in [-0.25, -0.2) is 21.9 Å². The fourth-order valence-electron chi connectivity index (χ4n) is 3.77. The fourth-order valence-corrected chi connectivity index (χ4v) is 4.90. The number of para-hydroxylation sites is 1. The van der Waals surface area contributed by atoms with Crippen LogP contribution in [0.5, 0.6) is 0 Å². The molecule has 1 fully saturated rings. The molecular formula is C22H23F2N3O3S. The summed E-state index contributed by atoms with van der Waals surface area (Å²) in [5.41, 5.74) is 1.14. The quantitative estimate of drug-likeness (QED) is 0.602. The summed E-state index contributed by atoms with van der Waals surface area (Å²) in [6.45, 7) is 2.89. The van der Waals surface area contributed by atoms with E-state index < -0.39 is 26.6 Å². The van der Waals surface area contributed by atoms with Crippen molar-refractivity contribution in [3.63, 3.8) is 0 Å². The number of anilines is 1. The molecule has 0 spiro atoms. The standard InChI is InChI=1S/C22H23F2N3O3S/c23-17-8-9-19(24)22(15-17)31(28,29)25-16-20(21-7-4-14-30-21)27-12-10-26(11-13-27)18-5-2-1-3-6-18/h1-9,14-15,20,25H,10-13,16H2. The summed E-state index contributed by atoms with van der Waals surface area (Å²) in [5, 5.41) is 0. The molecule has 1 saturated heterocycles. The zero-order valence-corrected chi connectivity index (χ0v) is 17.6. The highest BCUT2D eigenvalue weighted by atomic mass is 32.2. The van der Waals surface area contributed by atoms with Gasteiger partial charge in [-0.15, -0.1) is 0 Å². The number of rotatable bonds is 7. The predicted octanol–water partition coefficient (Wildman–Crippen LogP) is 3.40. The van der Waals surface area contributed by atoms with Crippen LogP contribution in [0.2, 0.25) is 0 Å². The van der Waals surface area contributed by atoms with Gasteiger partial charge in [-0.1, -0.05) is 18.2 Å². The smallest absolute Gasteiger partial charge is 0.243 e. The molecule has 0 saturated carbocycles. The highest BCUT2D eigenvalue weighted by molar-refractivity contribution is 7.89. The summed E-state index contributed by atoms with van der Waals surface area (Å²) >= 11 is 0. The van der Waals surface area contributed by atoms with E-state index in [4.69, 9.17) is 4.42 Å². The summed E-state index contributed by atoms with van der Waals surface area (Å²) in [5.74, 6) is -1.21. The minimum Gasteiger partial charge on any atom is -0.468 e. The maximum absolute atomic E-state index is 14.0. The third-order valence-corrected chi connectivity index (χ3v) is 6.84. The van der Waals surface area contributed by atoms with E-state index >= 15 is 0 Å². The average Bonchev–Trinajstić information content (AvgIpc) is 3.31. The number of nitrogens with one attached hydrogen (secondary N) is 1. The lowest BCUT2D eigenvalue weighted by Crippen LogP contribution is -2.49. The van der Waals surface area contributed by atoms with Crippen LogP contribution in [-0.2, 0) is 10.0 Å². The van der Waals surface area contributed by atoms with E-state index in [2.05, 4.69) is 26.7 Å². The van der Waals surface area contributed by atoms with Gasteiger partial charge in [0, 0.05) is 38.4 Å². The van der Waals surface area contributed by atoms with E-state index in [0.717, 1.165) is 30.9 Å². The van der Waals surface area contributed by atoms with Gasteiger partial charge in [0.05, 0.1) is 12.3 Å². The van der Waals surface area contributed by atoms with Gasteiger partial charge < -0.3 is 9.32 Å². The minimum absolute atomic E-state index is 0.0306. The first-order chi connectivity index (χ1) is 14.9. The van der Waals surface area contributed by atoms with Gasteiger partial charge in [0.2, 0.25) is 10.0 Å². The van der Waals surface area contributed by atoms with E-state index in [1.165, 1.54) is 6.26 Å². The molecule has 4 rings (SSSR count). The third-order valence-electron chi connectivity index (χ3n) is 5.40. The van der Waals surface area contributed by atoms with E-state index in [1.54, 1.807) is 12.1 Å². The number of benzene rings is 2. The van der Waals surface area contributed by atoms with Crippen LogP contribution in [0.25, 0.3) is 0 Å². The van der Waals surface area contributed by atoms with Crippen LogP contribution in [0.15, 0.2) is 76.2 Å². The maximum Gasteiger partial charge on any atom is 0.243 e. The Hall–Kier alpha value is -2.75. The number of hydrogen-bond acceptors (Lipinski definition) is 5. The van der Waals surface area contributed by atoms with Crippen LogP contribution in [0.4, 0.5) is 14.5 Å². The molecule has 1 aliphatic rings. The van der Waals surface area contributed by atoms with Crippen molar-refractivity contribution in [3.8, 4) is 0 Å². The van der Waals surface area contributed by atoms with Gasteiger partial charge in [0.15, 0.2) is 0 Å². The Bertz CT molecular complexity index is 1100. The topological polar surface area (TPSA) is 65.8 Å². The SMILES string of the molecule is O=S(=O)(NCC(c1ccco1)N1CCN(c2ccccc2)CC1)c1cc(F)ccc1F. The minimum atomic E-state index is -4.24. The maximum atomic E-state index is 14.0.